The molecule has 2 aromatic rings. The van der Waals surface area contributed by atoms with E-state index in [4.69, 9.17) is 11.6 Å². The number of rotatable bonds is 4. The van der Waals surface area contributed by atoms with Crippen molar-refractivity contribution in [1.29, 1.82) is 0 Å². The summed E-state index contributed by atoms with van der Waals surface area (Å²) < 4.78 is 28.1. The number of aryl methyl sites for hydroxylation is 2. The predicted octanol–water partition coefficient (Wildman–Crippen LogP) is 2.51. The molecule has 21 heavy (non-hydrogen) atoms. The molecule has 1 aromatic carbocycles. The van der Waals surface area contributed by atoms with Crippen molar-refractivity contribution in [2.75, 3.05) is 7.05 Å². The fraction of sp³-hybridized carbons (Fsp3) is 0.357. The first-order valence-electron chi connectivity index (χ1n) is 6.44. The maximum atomic E-state index is 12.5. The highest BCUT2D eigenvalue weighted by atomic mass is 35.5. The average Bonchev–Trinajstić information content (AvgIpc) is 2.65. The van der Waals surface area contributed by atoms with Crippen LogP contribution in [0.2, 0.25) is 5.02 Å². The number of nitrogens with zero attached hydrogens (tertiary/aromatic N) is 3. The maximum Gasteiger partial charge on any atom is 0.243 e. The van der Waals surface area contributed by atoms with Gasteiger partial charge in [0, 0.05) is 36.9 Å². The molecule has 1 aromatic heterocycles. The number of aromatic nitrogens is 2. The van der Waals surface area contributed by atoms with E-state index in [-0.39, 0.29) is 11.4 Å². The minimum atomic E-state index is -3.54. The van der Waals surface area contributed by atoms with Gasteiger partial charge in [-0.1, -0.05) is 11.6 Å². The zero-order chi connectivity index (χ0) is 15.8. The Morgan fingerprint density at radius 3 is 2.29 bits per heavy atom. The summed E-state index contributed by atoms with van der Waals surface area (Å²) in [6.45, 7) is 4.10. The van der Waals surface area contributed by atoms with Crippen molar-refractivity contribution in [2.45, 2.75) is 25.3 Å². The molecular formula is C14H18ClN3O2S. The first-order chi connectivity index (χ1) is 9.73. The molecule has 114 valence electrons. The molecule has 0 aliphatic carbocycles. The fourth-order valence-electron chi connectivity index (χ4n) is 2.14. The highest BCUT2D eigenvalue weighted by Gasteiger charge is 2.23. The van der Waals surface area contributed by atoms with Gasteiger partial charge in [0.15, 0.2) is 0 Å². The largest absolute Gasteiger partial charge is 0.272 e. The third-order valence-electron chi connectivity index (χ3n) is 3.56. The normalized spacial score (nSPS) is 12.1. The topological polar surface area (TPSA) is 55.2 Å². The van der Waals surface area contributed by atoms with E-state index in [9.17, 15) is 8.42 Å². The van der Waals surface area contributed by atoms with Crippen LogP contribution in [0.25, 0.3) is 0 Å². The number of sulfonamides is 1. The molecule has 0 aliphatic rings. The molecule has 2 rings (SSSR count). The van der Waals surface area contributed by atoms with Crippen LogP contribution in [0.15, 0.2) is 29.2 Å². The predicted molar refractivity (Wildman–Crippen MR) is 82.8 cm³/mol. The van der Waals surface area contributed by atoms with Crippen LogP contribution in [0.3, 0.4) is 0 Å². The molecule has 0 saturated heterocycles. The maximum absolute atomic E-state index is 12.5. The quantitative estimate of drug-likeness (QED) is 0.867. The van der Waals surface area contributed by atoms with Gasteiger partial charge >= 0.3 is 0 Å². The molecule has 0 aliphatic heterocycles. The third-order valence-corrected chi connectivity index (χ3v) is 5.63. The lowest BCUT2D eigenvalue weighted by molar-refractivity contribution is 0.465. The number of hydrogen-bond acceptors (Lipinski definition) is 3. The lowest BCUT2D eigenvalue weighted by Gasteiger charge is -2.17. The van der Waals surface area contributed by atoms with Crippen LogP contribution in [-0.4, -0.2) is 29.6 Å². The van der Waals surface area contributed by atoms with Crippen molar-refractivity contribution in [2.24, 2.45) is 7.05 Å². The minimum absolute atomic E-state index is 0.230. The third kappa shape index (κ3) is 3.12. The van der Waals surface area contributed by atoms with E-state index in [1.54, 1.807) is 23.9 Å². The van der Waals surface area contributed by atoms with E-state index in [0.29, 0.717) is 5.02 Å². The summed E-state index contributed by atoms with van der Waals surface area (Å²) in [7, 11) is -0.128. The molecule has 0 bridgehead atoms. The number of halogens is 1. The molecular weight excluding hydrogens is 310 g/mol. The highest BCUT2D eigenvalue weighted by Crippen LogP contribution is 2.21. The van der Waals surface area contributed by atoms with E-state index in [0.717, 1.165) is 17.0 Å². The summed E-state index contributed by atoms with van der Waals surface area (Å²) in [5, 5.41) is 4.82. The average molecular weight is 328 g/mol. The molecule has 0 unspecified atom stereocenters. The van der Waals surface area contributed by atoms with Crippen LogP contribution in [0.5, 0.6) is 0 Å². The van der Waals surface area contributed by atoms with Gasteiger partial charge in [-0.3, -0.25) is 4.68 Å². The standard InChI is InChI=1S/C14H18ClN3O2S/c1-10-14(11(2)18(4)16-10)9-17(3)21(19,20)13-7-5-12(15)6-8-13/h5-8H,9H2,1-4H3. The summed E-state index contributed by atoms with van der Waals surface area (Å²) in [6, 6.07) is 6.17. The molecule has 0 atom stereocenters. The molecule has 0 N–H and O–H groups in total. The molecule has 0 spiro atoms. The molecule has 7 heteroatoms. The SMILES string of the molecule is Cc1nn(C)c(C)c1CN(C)S(=O)(=O)c1ccc(Cl)cc1. The summed E-state index contributed by atoms with van der Waals surface area (Å²) in [5.74, 6) is 0. The Balaban J connectivity index is 2.30. The second-order valence-corrected chi connectivity index (χ2v) is 7.47. The first-order valence-corrected chi connectivity index (χ1v) is 8.26. The van der Waals surface area contributed by atoms with Gasteiger partial charge in [0.1, 0.15) is 0 Å². The van der Waals surface area contributed by atoms with Crippen molar-refractivity contribution in [3.63, 3.8) is 0 Å². The number of benzene rings is 1. The molecule has 5 nitrogen and oxygen atoms in total. The van der Waals surface area contributed by atoms with Crippen molar-refractivity contribution in [3.05, 3.63) is 46.2 Å². The van der Waals surface area contributed by atoms with E-state index < -0.39 is 10.0 Å². The summed E-state index contributed by atoms with van der Waals surface area (Å²) in [6.07, 6.45) is 0. The Morgan fingerprint density at radius 2 is 1.81 bits per heavy atom. The fourth-order valence-corrected chi connectivity index (χ4v) is 3.41. The zero-order valence-corrected chi connectivity index (χ0v) is 14.0. The minimum Gasteiger partial charge on any atom is -0.272 e. The Bertz CT molecular complexity index is 751. The van der Waals surface area contributed by atoms with Crippen LogP contribution in [-0.2, 0) is 23.6 Å². The summed E-state index contributed by atoms with van der Waals surface area (Å²) >= 11 is 5.80. The number of hydrogen-bond donors (Lipinski definition) is 0. The van der Waals surface area contributed by atoms with Crippen LogP contribution < -0.4 is 0 Å². The van der Waals surface area contributed by atoms with Gasteiger partial charge in [-0.25, -0.2) is 8.42 Å². The van der Waals surface area contributed by atoms with Crippen LogP contribution in [0.4, 0.5) is 0 Å². The summed E-state index contributed by atoms with van der Waals surface area (Å²) in [5.41, 5.74) is 2.73. The second kappa shape index (κ2) is 5.79. The Morgan fingerprint density at radius 1 is 1.24 bits per heavy atom. The molecule has 0 saturated carbocycles. The molecule has 0 radical (unpaired) electrons. The van der Waals surface area contributed by atoms with Gasteiger partial charge in [0.05, 0.1) is 10.6 Å². The highest BCUT2D eigenvalue weighted by molar-refractivity contribution is 7.89. The zero-order valence-electron chi connectivity index (χ0n) is 12.5. The van der Waals surface area contributed by atoms with E-state index in [1.807, 2.05) is 20.9 Å². The monoisotopic (exact) mass is 327 g/mol. The molecule has 0 amide bonds. The van der Waals surface area contributed by atoms with Gasteiger partial charge in [-0.15, -0.1) is 0 Å². The van der Waals surface area contributed by atoms with Crippen LogP contribution in [0.1, 0.15) is 17.0 Å². The van der Waals surface area contributed by atoms with E-state index in [2.05, 4.69) is 5.10 Å². The van der Waals surface area contributed by atoms with Crippen LogP contribution in [0, 0.1) is 13.8 Å². The Hall–Kier alpha value is -1.37. The van der Waals surface area contributed by atoms with Crippen molar-refractivity contribution in [3.8, 4) is 0 Å². The van der Waals surface area contributed by atoms with E-state index >= 15 is 0 Å². The van der Waals surface area contributed by atoms with Crippen molar-refractivity contribution in [1.82, 2.24) is 14.1 Å². The second-order valence-electron chi connectivity index (χ2n) is 4.99. The Labute approximate surface area is 130 Å². The van der Waals surface area contributed by atoms with Gasteiger partial charge in [-0.2, -0.15) is 9.40 Å². The van der Waals surface area contributed by atoms with Crippen molar-refractivity contribution >= 4 is 21.6 Å². The van der Waals surface area contributed by atoms with Gasteiger partial charge in [-0.05, 0) is 38.1 Å². The van der Waals surface area contributed by atoms with E-state index in [1.165, 1.54) is 16.4 Å². The van der Waals surface area contributed by atoms with Gasteiger partial charge < -0.3 is 0 Å². The molecule has 1 heterocycles. The smallest absolute Gasteiger partial charge is 0.243 e. The lowest BCUT2D eigenvalue weighted by Crippen LogP contribution is -2.27. The van der Waals surface area contributed by atoms with Crippen LogP contribution >= 0.6 is 11.6 Å². The Kier molecular flexibility index (Phi) is 4.41. The lowest BCUT2D eigenvalue weighted by atomic mass is 10.2. The van der Waals surface area contributed by atoms with Crippen molar-refractivity contribution < 1.29 is 8.42 Å². The summed E-state index contributed by atoms with van der Waals surface area (Å²) in [4.78, 5) is 0.230. The van der Waals surface area contributed by atoms with Gasteiger partial charge in [0.2, 0.25) is 10.0 Å². The van der Waals surface area contributed by atoms with Gasteiger partial charge in [0.25, 0.3) is 0 Å². The first kappa shape index (κ1) is 16.0. The molecule has 0 fully saturated rings.